The van der Waals surface area contributed by atoms with Crippen molar-refractivity contribution in [3.8, 4) is 0 Å². The van der Waals surface area contributed by atoms with Gasteiger partial charge in [-0.1, -0.05) is 29.3 Å². The molecule has 1 heterocycles. The van der Waals surface area contributed by atoms with Gasteiger partial charge in [-0.05, 0) is 38.5 Å². The highest BCUT2D eigenvalue weighted by atomic mass is 35.5. The van der Waals surface area contributed by atoms with E-state index in [0.29, 0.717) is 36.1 Å². The molecule has 0 saturated carbocycles. The fourth-order valence-corrected chi connectivity index (χ4v) is 3.20. The van der Waals surface area contributed by atoms with E-state index < -0.39 is 0 Å². The molecule has 1 fully saturated rings. The molecule has 2 amide bonds. The molecule has 2 N–H and O–H groups in total. The first-order chi connectivity index (χ1) is 11.6. The number of quaternary nitrogens is 1. The van der Waals surface area contributed by atoms with E-state index in [0.717, 1.165) is 18.7 Å². The van der Waals surface area contributed by atoms with Gasteiger partial charge in [0.25, 0.3) is 5.91 Å². The summed E-state index contributed by atoms with van der Waals surface area (Å²) >= 11 is 11.9. The first kappa shape index (κ1) is 20.0. The van der Waals surface area contributed by atoms with E-state index in [4.69, 9.17) is 23.2 Å². The summed E-state index contributed by atoms with van der Waals surface area (Å²) in [4.78, 5) is 27.5. The number of piperazine rings is 1. The minimum Gasteiger partial charge on any atom is -0.347 e. The second-order valence-electron chi connectivity index (χ2n) is 7.53. The predicted molar refractivity (Wildman–Crippen MR) is 100 cm³/mol. The number of hydrogen-bond donors (Lipinski definition) is 2. The van der Waals surface area contributed by atoms with Crippen molar-refractivity contribution in [2.45, 2.75) is 32.7 Å². The lowest BCUT2D eigenvalue weighted by Crippen LogP contribution is -3.16. The van der Waals surface area contributed by atoms with Crippen molar-refractivity contribution in [1.82, 2.24) is 10.2 Å². The molecular formula is C18H26Cl2N3O2+. The third kappa shape index (κ3) is 6.49. The summed E-state index contributed by atoms with van der Waals surface area (Å²) in [5, 5.41) is 3.93. The van der Waals surface area contributed by atoms with Crippen LogP contribution in [0.4, 0.5) is 0 Å². The smallest absolute Gasteiger partial charge is 0.275 e. The molecule has 0 aliphatic carbocycles. The first-order valence-corrected chi connectivity index (χ1v) is 9.26. The van der Waals surface area contributed by atoms with E-state index in [9.17, 15) is 9.59 Å². The summed E-state index contributed by atoms with van der Waals surface area (Å²) in [5.41, 5.74) is 0.646. The highest BCUT2D eigenvalue weighted by Crippen LogP contribution is 2.23. The number of hydrogen-bond acceptors (Lipinski definition) is 2. The van der Waals surface area contributed by atoms with Crippen molar-refractivity contribution in [2.75, 3.05) is 32.7 Å². The van der Waals surface area contributed by atoms with Gasteiger partial charge >= 0.3 is 0 Å². The number of halogens is 2. The molecule has 1 aromatic rings. The van der Waals surface area contributed by atoms with E-state index in [-0.39, 0.29) is 17.4 Å². The maximum absolute atomic E-state index is 12.4. The molecule has 5 nitrogen and oxygen atoms in total. The maximum atomic E-state index is 12.4. The van der Waals surface area contributed by atoms with E-state index in [1.807, 2.05) is 31.7 Å². The number of carbonyl (C=O) groups excluding carboxylic acids is 2. The minimum atomic E-state index is -0.214. The van der Waals surface area contributed by atoms with Crippen molar-refractivity contribution >= 4 is 35.0 Å². The van der Waals surface area contributed by atoms with Crippen LogP contribution in [0.15, 0.2) is 18.2 Å². The van der Waals surface area contributed by atoms with E-state index >= 15 is 0 Å². The molecule has 0 aromatic heterocycles. The van der Waals surface area contributed by atoms with Crippen LogP contribution in [0.25, 0.3) is 0 Å². The molecule has 0 spiro atoms. The van der Waals surface area contributed by atoms with Gasteiger partial charge < -0.3 is 15.1 Å². The fraction of sp³-hybridized carbons (Fsp3) is 0.556. The highest BCUT2D eigenvalue weighted by molar-refractivity contribution is 6.42. The second kappa shape index (κ2) is 8.39. The average Bonchev–Trinajstić information content (AvgIpc) is 2.49. The summed E-state index contributed by atoms with van der Waals surface area (Å²) in [5.74, 6) is 0.134. The largest absolute Gasteiger partial charge is 0.347 e. The van der Waals surface area contributed by atoms with Crippen LogP contribution in [0.1, 0.15) is 26.3 Å². The third-order valence-electron chi connectivity index (χ3n) is 4.09. The Balaban J connectivity index is 1.80. The number of amides is 2. The molecule has 0 atom stereocenters. The maximum Gasteiger partial charge on any atom is 0.275 e. The Hall–Kier alpha value is -1.30. The average molecular weight is 387 g/mol. The monoisotopic (exact) mass is 386 g/mol. The van der Waals surface area contributed by atoms with Crippen molar-refractivity contribution in [2.24, 2.45) is 0 Å². The Bertz CT molecular complexity index is 636. The van der Waals surface area contributed by atoms with Crippen LogP contribution >= 0.6 is 23.2 Å². The van der Waals surface area contributed by atoms with Crippen molar-refractivity contribution in [1.29, 1.82) is 0 Å². The summed E-state index contributed by atoms with van der Waals surface area (Å²) in [6, 6.07) is 5.27. The molecule has 1 aliphatic heterocycles. The zero-order valence-corrected chi connectivity index (χ0v) is 16.5. The molecule has 1 aliphatic rings. The summed E-state index contributed by atoms with van der Waals surface area (Å²) in [7, 11) is 0. The molecule has 7 heteroatoms. The molecule has 0 bridgehead atoms. The molecule has 138 valence electrons. The predicted octanol–water partition coefficient (Wildman–Crippen LogP) is 1.18. The van der Waals surface area contributed by atoms with Gasteiger partial charge in [0.2, 0.25) is 5.91 Å². The van der Waals surface area contributed by atoms with Crippen LogP contribution in [-0.4, -0.2) is 55.0 Å². The van der Waals surface area contributed by atoms with Gasteiger partial charge in [0.1, 0.15) is 0 Å². The number of nitrogens with zero attached hydrogens (tertiary/aromatic N) is 1. The Morgan fingerprint density at radius 1 is 1.16 bits per heavy atom. The van der Waals surface area contributed by atoms with Crippen LogP contribution in [0.2, 0.25) is 10.0 Å². The Kier molecular flexibility index (Phi) is 6.72. The SMILES string of the molecule is CC(C)(C)NC(=O)C[NH+]1CCN(C(=O)Cc2ccc(Cl)c(Cl)c2)CC1. The Labute approximate surface area is 159 Å². The number of benzene rings is 1. The van der Waals surface area contributed by atoms with Crippen LogP contribution < -0.4 is 10.2 Å². The highest BCUT2D eigenvalue weighted by Gasteiger charge is 2.26. The normalized spacial score (nSPS) is 16.0. The fourth-order valence-electron chi connectivity index (χ4n) is 2.87. The summed E-state index contributed by atoms with van der Waals surface area (Å²) in [6.07, 6.45) is 0.316. The number of rotatable bonds is 4. The lowest BCUT2D eigenvalue weighted by Gasteiger charge is -2.32. The summed E-state index contributed by atoms with van der Waals surface area (Å²) < 4.78 is 0. The third-order valence-corrected chi connectivity index (χ3v) is 4.83. The van der Waals surface area contributed by atoms with Gasteiger partial charge in [0.05, 0.1) is 42.6 Å². The molecule has 0 radical (unpaired) electrons. The first-order valence-electron chi connectivity index (χ1n) is 8.50. The van der Waals surface area contributed by atoms with Crippen LogP contribution in [0.5, 0.6) is 0 Å². The molecule has 1 aromatic carbocycles. The zero-order valence-electron chi connectivity index (χ0n) is 15.0. The van der Waals surface area contributed by atoms with Gasteiger partial charge in [0.15, 0.2) is 6.54 Å². The lowest BCUT2D eigenvalue weighted by molar-refractivity contribution is -0.896. The second-order valence-corrected chi connectivity index (χ2v) is 8.35. The quantitative estimate of drug-likeness (QED) is 0.815. The lowest BCUT2D eigenvalue weighted by atomic mass is 10.1. The van der Waals surface area contributed by atoms with Crippen molar-refractivity contribution < 1.29 is 14.5 Å². The topological polar surface area (TPSA) is 53.9 Å². The molecule has 0 unspecified atom stereocenters. The Morgan fingerprint density at radius 3 is 2.36 bits per heavy atom. The van der Waals surface area contributed by atoms with Crippen molar-refractivity contribution in [3.05, 3.63) is 33.8 Å². The molecule has 1 saturated heterocycles. The number of carbonyl (C=O) groups is 2. The van der Waals surface area contributed by atoms with Gasteiger partial charge in [-0.25, -0.2) is 0 Å². The van der Waals surface area contributed by atoms with Gasteiger partial charge in [-0.3, -0.25) is 9.59 Å². The number of nitrogens with one attached hydrogen (secondary N) is 2. The van der Waals surface area contributed by atoms with Gasteiger partial charge in [0, 0.05) is 5.54 Å². The van der Waals surface area contributed by atoms with E-state index in [1.54, 1.807) is 12.1 Å². The van der Waals surface area contributed by atoms with Crippen LogP contribution in [0.3, 0.4) is 0 Å². The van der Waals surface area contributed by atoms with Crippen LogP contribution in [-0.2, 0) is 16.0 Å². The molecular weight excluding hydrogens is 361 g/mol. The van der Waals surface area contributed by atoms with E-state index in [1.165, 1.54) is 4.90 Å². The zero-order chi connectivity index (χ0) is 18.6. The molecule has 25 heavy (non-hydrogen) atoms. The Morgan fingerprint density at radius 2 is 1.80 bits per heavy atom. The van der Waals surface area contributed by atoms with Crippen molar-refractivity contribution in [3.63, 3.8) is 0 Å². The van der Waals surface area contributed by atoms with Crippen LogP contribution in [0, 0.1) is 0 Å². The molecule has 2 rings (SSSR count). The minimum absolute atomic E-state index is 0.0538. The van der Waals surface area contributed by atoms with Gasteiger partial charge in [-0.2, -0.15) is 0 Å². The van der Waals surface area contributed by atoms with Gasteiger partial charge in [-0.15, -0.1) is 0 Å². The van der Waals surface area contributed by atoms with E-state index in [2.05, 4.69) is 5.32 Å². The standard InChI is InChI=1S/C18H25Cl2N3O2/c1-18(2,3)21-16(24)12-22-6-8-23(9-7-22)17(25)11-13-4-5-14(19)15(20)10-13/h4-5,10H,6-9,11-12H2,1-3H3,(H,21,24)/p+1. The summed E-state index contributed by atoms with van der Waals surface area (Å²) in [6.45, 7) is 9.26.